The fourth-order valence-electron chi connectivity index (χ4n) is 2.58. The molecule has 0 saturated carbocycles. The molecule has 3 rings (SSSR count). The van der Waals surface area contributed by atoms with E-state index in [0.29, 0.717) is 24.5 Å². The van der Waals surface area contributed by atoms with Crippen molar-refractivity contribution < 1.29 is 0 Å². The van der Waals surface area contributed by atoms with E-state index in [4.69, 9.17) is 0 Å². The first-order valence-electron chi connectivity index (χ1n) is 7.64. The number of benzene rings is 2. The summed E-state index contributed by atoms with van der Waals surface area (Å²) in [5.74, 6) is 0.702. The van der Waals surface area contributed by atoms with Gasteiger partial charge in [0.25, 0.3) is 0 Å². The maximum Gasteiger partial charge on any atom is 0.147 e. The highest BCUT2D eigenvalue weighted by atomic mass is 79.9. The summed E-state index contributed by atoms with van der Waals surface area (Å²) < 4.78 is 0.808. The lowest BCUT2D eigenvalue weighted by atomic mass is 10.1. The van der Waals surface area contributed by atoms with E-state index in [2.05, 4.69) is 56.1 Å². The summed E-state index contributed by atoms with van der Waals surface area (Å²) in [6.45, 7) is 1.39. The largest absolute Gasteiger partial charge is 0.347 e. The monoisotopic (exact) mass is 377 g/mol. The molecule has 0 N–H and O–H groups in total. The van der Waals surface area contributed by atoms with Crippen LogP contribution >= 0.6 is 15.9 Å². The summed E-state index contributed by atoms with van der Waals surface area (Å²) in [4.78, 5) is 6.63. The minimum absolute atomic E-state index is 0.566. The van der Waals surface area contributed by atoms with Crippen LogP contribution in [0, 0.1) is 11.3 Å². The van der Waals surface area contributed by atoms with Crippen LogP contribution < -0.4 is 4.90 Å². The Morgan fingerprint density at radius 1 is 0.917 bits per heavy atom. The summed E-state index contributed by atoms with van der Waals surface area (Å²) in [6, 6.07) is 24.5. The van der Waals surface area contributed by atoms with Gasteiger partial charge < -0.3 is 4.90 Å². The van der Waals surface area contributed by atoms with Gasteiger partial charge >= 0.3 is 0 Å². The van der Waals surface area contributed by atoms with Crippen LogP contribution in [0.1, 0.15) is 16.7 Å². The Morgan fingerprint density at radius 3 is 1.96 bits per heavy atom. The van der Waals surface area contributed by atoms with Crippen LogP contribution in [0.15, 0.2) is 77.4 Å². The highest BCUT2D eigenvalue weighted by Gasteiger charge is 2.14. The third kappa shape index (κ3) is 4.01. The van der Waals surface area contributed by atoms with Gasteiger partial charge in [-0.15, -0.1) is 0 Å². The van der Waals surface area contributed by atoms with E-state index >= 15 is 0 Å². The van der Waals surface area contributed by atoms with E-state index in [0.717, 1.165) is 4.47 Å². The summed E-state index contributed by atoms with van der Waals surface area (Å²) in [5.41, 5.74) is 2.93. The Balaban J connectivity index is 1.97. The number of hydrogen-bond donors (Lipinski definition) is 0. The summed E-state index contributed by atoms with van der Waals surface area (Å²) >= 11 is 3.39. The van der Waals surface area contributed by atoms with E-state index in [1.54, 1.807) is 6.20 Å². The Kier molecular flexibility index (Phi) is 5.25. The van der Waals surface area contributed by atoms with E-state index < -0.39 is 0 Å². The van der Waals surface area contributed by atoms with Gasteiger partial charge in [-0.3, -0.25) is 0 Å². The van der Waals surface area contributed by atoms with Gasteiger partial charge in [0.2, 0.25) is 0 Å². The Bertz CT molecular complexity index is 800. The van der Waals surface area contributed by atoms with Crippen molar-refractivity contribution in [3.8, 4) is 6.07 Å². The number of hydrogen-bond acceptors (Lipinski definition) is 3. The van der Waals surface area contributed by atoms with Gasteiger partial charge in [0, 0.05) is 23.8 Å². The zero-order valence-electron chi connectivity index (χ0n) is 13.1. The molecule has 0 aliphatic heterocycles. The number of anilines is 1. The lowest BCUT2D eigenvalue weighted by molar-refractivity contribution is 0.781. The number of nitrogens with zero attached hydrogens (tertiary/aromatic N) is 3. The predicted octanol–water partition coefficient (Wildman–Crippen LogP) is 4.92. The molecule has 1 aromatic heterocycles. The van der Waals surface area contributed by atoms with Crippen LogP contribution in [0.25, 0.3) is 0 Å². The van der Waals surface area contributed by atoms with Crippen LogP contribution in [0.3, 0.4) is 0 Å². The number of pyridine rings is 1. The molecule has 0 radical (unpaired) electrons. The van der Waals surface area contributed by atoms with Crippen molar-refractivity contribution in [2.75, 3.05) is 4.90 Å². The Hall–Kier alpha value is -2.64. The van der Waals surface area contributed by atoms with Crippen molar-refractivity contribution in [1.82, 2.24) is 4.98 Å². The normalized spacial score (nSPS) is 10.2. The van der Waals surface area contributed by atoms with Crippen molar-refractivity contribution in [2.24, 2.45) is 0 Å². The molecule has 0 aliphatic rings. The van der Waals surface area contributed by atoms with Crippen molar-refractivity contribution in [1.29, 1.82) is 5.26 Å². The molecule has 0 aliphatic carbocycles. The molecule has 118 valence electrons. The Morgan fingerprint density at radius 2 is 1.46 bits per heavy atom. The molecular formula is C20H16BrN3. The average molecular weight is 378 g/mol. The molecular weight excluding hydrogens is 362 g/mol. The van der Waals surface area contributed by atoms with E-state index in [-0.39, 0.29) is 0 Å². The molecule has 0 bridgehead atoms. The topological polar surface area (TPSA) is 39.9 Å². The molecule has 0 saturated heterocycles. The lowest BCUT2D eigenvalue weighted by Gasteiger charge is -2.25. The van der Waals surface area contributed by atoms with Crippen molar-refractivity contribution in [3.63, 3.8) is 0 Å². The van der Waals surface area contributed by atoms with Gasteiger partial charge in [0.05, 0.1) is 5.56 Å². The van der Waals surface area contributed by atoms with Gasteiger partial charge in [0.15, 0.2) is 0 Å². The maximum absolute atomic E-state index is 9.49. The van der Waals surface area contributed by atoms with Crippen LogP contribution in [0.4, 0.5) is 5.82 Å². The third-order valence-corrected chi connectivity index (χ3v) is 4.12. The number of aromatic nitrogens is 1. The quantitative estimate of drug-likeness (QED) is 0.633. The SMILES string of the molecule is N#Cc1cc(Br)cnc1N(Cc1ccccc1)Cc1ccccc1. The first kappa shape index (κ1) is 16.2. The molecule has 24 heavy (non-hydrogen) atoms. The zero-order chi connectivity index (χ0) is 16.8. The molecule has 4 heteroatoms. The highest BCUT2D eigenvalue weighted by molar-refractivity contribution is 9.10. The molecule has 1 heterocycles. The van der Waals surface area contributed by atoms with E-state index in [1.807, 2.05) is 42.5 Å². The molecule has 0 spiro atoms. The molecule has 0 atom stereocenters. The van der Waals surface area contributed by atoms with Gasteiger partial charge in [-0.1, -0.05) is 60.7 Å². The average Bonchev–Trinajstić information content (AvgIpc) is 2.63. The molecule has 3 nitrogen and oxygen atoms in total. The second-order valence-corrected chi connectivity index (χ2v) is 6.38. The fraction of sp³-hybridized carbons (Fsp3) is 0.100. The van der Waals surface area contributed by atoms with Crippen LogP contribution in [0.2, 0.25) is 0 Å². The summed E-state index contributed by atoms with van der Waals surface area (Å²) in [6.07, 6.45) is 1.74. The van der Waals surface area contributed by atoms with Gasteiger partial charge in [-0.2, -0.15) is 5.26 Å². The smallest absolute Gasteiger partial charge is 0.147 e. The molecule has 2 aromatic carbocycles. The second-order valence-electron chi connectivity index (χ2n) is 5.46. The molecule has 0 unspecified atom stereocenters. The first-order valence-corrected chi connectivity index (χ1v) is 8.44. The number of nitriles is 1. The number of halogens is 1. The number of rotatable bonds is 5. The first-order chi connectivity index (χ1) is 11.8. The van der Waals surface area contributed by atoms with Crippen molar-refractivity contribution >= 4 is 21.7 Å². The second kappa shape index (κ2) is 7.76. The van der Waals surface area contributed by atoms with Gasteiger partial charge in [-0.25, -0.2) is 4.98 Å². The summed E-state index contributed by atoms with van der Waals surface area (Å²) in [7, 11) is 0. The summed E-state index contributed by atoms with van der Waals surface area (Å²) in [5, 5.41) is 9.49. The zero-order valence-corrected chi connectivity index (χ0v) is 14.6. The van der Waals surface area contributed by atoms with Crippen molar-refractivity contribution in [3.05, 3.63) is 94.1 Å². The third-order valence-electron chi connectivity index (χ3n) is 3.69. The standard InChI is InChI=1S/C20H16BrN3/c21-19-11-18(12-22)20(23-13-19)24(14-16-7-3-1-4-8-16)15-17-9-5-2-6-10-17/h1-11,13H,14-15H2. The predicted molar refractivity (Wildman–Crippen MR) is 99.4 cm³/mol. The van der Waals surface area contributed by atoms with Crippen LogP contribution in [0.5, 0.6) is 0 Å². The minimum Gasteiger partial charge on any atom is -0.347 e. The van der Waals surface area contributed by atoms with Crippen molar-refractivity contribution in [2.45, 2.75) is 13.1 Å². The van der Waals surface area contributed by atoms with Gasteiger partial charge in [0.1, 0.15) is 11.9 Å². The highest BCUT2D eigenvalue weighted by Crippen LogP contribution is 2.24. The lowest BCUT2D eigenvalue weighted by Crippen LogP contribution is -2.24. The van der Waals surface area contributed by atoms with E-state index in [1.165, 1.54) is 11.1 Å². The van der Waals surface area contributed by atoms with Crippen LogP contribution in [-0.2, 0) is 13.1 Å². The molecule has 0 fully saturated rings. The van der Waals surface area contributed by atoms with E-state index in [9.17, 15) is 5.26 Å². The van der Waals surface area contributed by atoms with Crippen LogP contribution in [-0.4, -0.2) is 4.98 Å². The fourth-order valence-corrected chi connectivity index (χ4v) is 2.91. The Labute approximate surface area is 150 Å². The molecule has 3 aromatic rings. The van der Waals surface area contributed by atoms with Gasteiger partial charge in [-0.05, 0) is 33.1 Å². The minimum atomic E-state index is 0.566. The maximum atomic E-state index is 9.49. The molecule has 0 amide bonds.